The summed E-state index contributed by atoms with van der Waals surface area (Å²) in [5.41, 5.74) is 0.699. The molecule has 0 unspecified atom stereocenters. The van der Waals surface area contributed by atoms with Gasteiger partial charge in [-0.1, -0.05) is 19.1 Å². The highest BCUT2D eigenvalue weighted by molar-refractivity contribution is 6.22. The molecule has 0 aliphatic carbocycles. The van der Waals surface area contributed by atoms with Crippen LogP contribution in [-0.2, 0) is 9.59 Å². The first kappa shape index (κ1) is 16.4. The maximum absolute atomic E-state index is 12.4. The van der Waals surface area contributed by atoms with Crippen molar-refractivity contribution in [3.05, 3.63) is 35.4 Å². The molecule has 1 aromatic rings. The third-order valence-electron chi connectivity index (χ3n) is 4.82. The summed E-state index contributed by atoms with van der Waals surface area (Å²) in [5.74, 6) is -0.812. The van der Waals surface area contributed by atoms with Crippen molar-refractivity contribution >= 4 is 23.5 Å². The van der Waals surface area contributed by atoms with Crippen LogP contribution < -0.4 is 0 Å². The second kappa shape index (κ2) is 6.55. The van der Waals surface area contributed by atoms with Gasteiger partial charge in [0.25, 0.3) is 11.8 Å². The van der Waals surface area contributed by atoms with Crippen molar-refractivity contribution in [3.8, 4) is 0 Å². The van der Waals surface area contributed by atoms with E-state index in [2.05, 4.69) is 0 Å². The standard InChI is InChI=1S/C18H20N2O4/c1-2-15(21)12-7-9-19(10-8-12)16(22)11-20-17(23)13-5-3-4-6-14(13)18(20)24/h3-6,12H,2,7-11H2,1H3. The monoisotopic (exact) mass is 328 g/mol. The van der Waals surface area contributed by atoms with E-state index in [4.69, 9.17) is 0 Å². The normalized spacial score (nSPS) is 18.0. The third-order valence-corrected chi connectivity index (χ3v) is 4.82. The molecule has 0 saturated carbocycles. The van der Waals surface area contributed by atoms with E-state index in [9.17, 15) is 19.2 Å². The summed E-state index contributed by atoms with van der Waals surface area (Å²) in [6.07, 6.45) is 1.83. The van der Waals surface area contributed by atoms with Crippen molar-refractivity contribution < 1.29 is 19.2 Å². The summed E-state index contributed by atoms with van der Waals surface area (Å²) >= 11 is 0. The minimum Gasteiger partial charge on any atom is -0.341 e. The zero-order valence-corrected chi connectivity index (χ0v) is 13.7. The molecule has 6 heteroatoms. The van der Waals surface area contributed by atoms with E-state index in [1.165, 1.54) is 0 Å². The average Bonchev–Trinajstić information content (AvgIpc) is 2.86. The lowest BCUT2D eigenvalue weighted by Gasteiger charge is -2.32. The number of likely N-dealkylation sites (tertiary alicyclic amines) is 1. The maximum Gasteiger partial charge on any atom is 0.262 e. The molecule has 24 heavy (non-hydrogen) atoms. The number of nitrogens with zero attached hydrogens (tertiary/aromatic N) is 2. The van der Waals surface area contributed by atoms with Crippen LogP contribution in [-0.4, -0.2) is 52.9 Å². The molecular weight excluding hydrogens is 308 g/mol. The van der Waals surface area contributed by atoms with Crippen molar-refractivity contribution in [2.45, 2.75) is 26.2 Å². The number of benzene rings is 1. The van der Waals surface area contributed by atoms with Crippen molar-refractivity contribution in [2.24, 2.45) is 5.92 Å². The van der Waals surface area contributed by atoms with Gasteiger partial charge in [0.05, 0.1) is 11.1 Å². The predicted molar refractivity (Wildman–Crippen MR) is 86.4 cm³/mol. The summed E-state index contributed by atoms with van der Waals surface area (Å²) in [6, 6.07) is 6.60. The fourth-order valence-corrected chi connectivity index (χ4v) is 3.36. The zero-order chi connectivity index (χ0) is 17.3. The minimum atomic E-state index is -0.417. The Bertz CT molecular complexity index is 670. The average molecular weight is 328 g/mol. The molecule has 1 saturated heterocycles. The number of fused-ring (bicyclic) bond motifs is 1. The van der Waals surface area contributed by atoms with Crippen molar-refractivity contribution in [1.82, 2.24) is 9.80 Å². The summed E-state index contributed by atoms with van der Waals surface area (Å²) in [4.78, 5) is 51.4. The molecule has 3 amide bonds. The van der Waals surface area contributed by atoms with Crippen molar-refractivity contribution in [1.29, 1.82) is 0 Å². The topological polar surface area (TPSA) is 74.8 Å². The van der Waals surface area contributed by atoms with Crippen LogP contribution in [0, 0.1) is 5.92 Å². The Labute approximate surface area is 140 Å². The molecule has 0 N–H and O–H groups in total. The number of piperidine rings is 1. The van der Waals surface area contributed by atoms with E-state index in [1.807, 2.05) is 6.92 Å². The lowest BCUT2D eigenvalue weighted by molar-refractivity contribution is -0.135. The van der Waals surface area contributed by atoms with E-state index >= 15 is 0 Å². The van der Waals surface area contributed by atoms with Gasteiger partial charge in [0.1, 0.15) is 12.3 Å². The number of carbonyl (C=O) groups excluding carboxylic acids is 4. The first-order valence-electron chi connectivity index (χ1n) is 8.28. The summed E-state index contributed by atoms with van der Waals surface area (Å²) in [7, 11) is 0. The number of rotatable bonds is 4. The van der Waals surface area contributed by atoms with Gasteiger partial charge >= 0.3 is 0 Å². The smallest absolute Gasteiger partial charge is 0.262 e. The Hall–Kier alpha value is -2.50. The van der Waals surface area contributed by atoms with Crippen LogP contribution in [0.5, 0.6) is 0 Å². The van der Waals surface area contributed by atoms with Gasteiger partial charge in [0.2, 0.25) is 5.91 Å². The van der Waals surface area contributed by atoms with Crippen molar-refractivity contribution in [3.63, 3.8) is 0 Å². The number of Topliss-reactive ketones (excluding diaryl/α,β-unsaturated/α-hetero) is 1. The van der Waals surface area contributed by atoms with Gasteiger partial charge in [-0.25, -0.2) is 0 Å². The van der Waals surface area contributed by atoms with Gasteiger partial charge in [-0.05, 0) is 25.0 Å². The fourth-order valence-electron chi connectivity index (χ4n) is 3.36. The molecule has 0 atom stereocenters. The summed E-state index contributed by atoms with van der Waals surface area (Å²) in [5, 5.41) is 0. The van der Waals surface area contributed by atoms with Crippen LogP contribution in [0.2, 0.25) is 0 Å². The number of imide groups is 1. The molecule has 0 radical (unpaired) electrons. The van der Waals surface area contributed by atoms with Gasteiger partial charge in [0, 0.05) is 25.4 Å². The molecule has 2 aliphatic heterocycles. The van der Waals surface area contributed by atoms with Gasteiger partial charge in [-0.15, -0.1) is 0 Å². The highest BCUT2D eigenvalue weighted by Gasteiger charge is 2.37. The molecule has 0 bridgehead atoms. The van der Waals surface area contributed by atoms with Gasteiger partial charge in [-0.3, -0.25) is 24.1 Å². The number of hydrogen-bond acceptors (Lipinski definition) is 4. The molecular formula is C18H20N2O4. The van der Waals surface area contributed by atoms with E-state index in [0.717, 1.165) is 4.90 Å². The lowest BCUT2D eigenvalue weighted by Crippen LogP contribution is -2.46. The highest BCUT2D eigenvalue weighted by Crippen LogP contribution is 2.23. The van der Waals surface area contributed by atoms with E-state index in [-0.39, 0.29) is 24.2 Å². The summed E-state index contributed by atoms with van der Waals surface area (Å²) in [6.45, 7) is 2.61. The Kier molecular flexibility index (Phi) is 4.46. The highest BCUT2D eigenvalue weighted by atomic mass is 16.2. The Morgan fingerprint density at radius 3 is 2.08 bits per heavy atom. The molecule has 1 fully saturated rings. The summed E-state index contributed by atoms with van der Waals surface area (Å²) < 4.78 is 0. The Balaban J connectivity index is 1.62. The molecule has 126 valence electrons. The lowest BCUT2D eigenvalue weighted by atomic mass is 9.91. The fraction of sp³-hybridized carbons (Fsp3) is 0.444. The molecule has 0 aromatic heterocycles. The quantitative estimate of drug-likeness (QED) is 0.785. The minimum absolute atomic E-state index is 0.0263. The third kappa shape index (κ3) is 2.84. The predicted octanol–water partition coefficient (Wildman–Crippen LogP) is 1.50. The molecule has 2 aliphatic rings. The van der Waals surface area contributed by atoms with Crippen LogP contribution in [0.1, 0.15) is 46.9 Å². The molecule has 2 heterocycles. The number of ketones is 1. The number of carbonyl (C=O) groups is 4. The van der Waals surface area contributed by atoms with Crippen LogP contribution in [0.15, 0.2) is 24.3 Å². The Morgan fingerprint density at radius 2 is 1.58 bits per heavy atom. The van der Waals surface area contributed by atoms with Crippen LogP contribution in [0.3, 0.4) is 0 Å². The van der Waals surface area contributed by atoms with Crippen molar-refractivity contribution in [2.75, 3.05) is 19.6 Å². The number of hydrogen-bond donors (Lipinski definition) is 0. The van der Waals surface area contributed by atoms with Gasteiger partial charge in [0.15, 0.2) is 0 Å². The SMILES string of the molecule is CCC(=O)C1CCN(C(=O)CN2C(=O)c3ccccc3C2=O)CC1. The van der Waals surface area contributed by atoms with Gasteiger partial charge < -0.3 is 4.90 Å². The first-order chi connectivity index (χ1) is 11.5. The second-order valence-corrected chi connectivity index (χ2v) is 6.22. The molecule has 1 aromatic carbocycles. The second-order valence-electron chi connectivity index (χ2n) is 6.22. The molecule has 6 nitrogen and oxygen atoms in total. The van der Waals surface area contributed by atoms with E-state index in [0.29, 0.717) is 43.5 Å². The number of amides is 3. The van der Waals surface area contributed by atoms with Crippen LogP contribution >= 0.6 is 0 Å². The van der Waals surface area contributed by atoms with E-state index < -0.39 is 11.8 Å². The maximum atomic E-state index is 12.4. The van der Waals surface area contributed by atoms with Crippen LogP contribution in [0.4, 0.5) is 0 Å². The molecule has 0 spiro atoms. The largest absolute Gasteiger partial charge is 0.341 e. The Morgan fingerprint density at radius 1 is 1.04 bits per heavy atom. The molecule has 3 rings (SSSR count). The van der Waals surface area contributed by atoms with Crippen LogP contribution in [0.25, 0.3) is 0 Å². The van der Waals surface area contributed by atoms with Gasteiger partial charge in [-0.2, -0.15) is 0 Å². The first-order valence-corrected chi connectivity index (χ1v) is 8.28. The zero-order valence-electron chi connectivity index (χ0n) is 13.7. The van der Waals surface area contributed by atoms with E-state index in [1.54, 1.807) is 29.2 Å².